The van der Waals surface area contributed by atoms with Crippen LogP contribution in [0.5, 0.6) is 5.75 Å². The van der Waals surface area contributed by atoms with Gasteiger partial charge in [0.15, 0.2) is 23.4 Å². The normalized spacial score (nSPS) is 28.5. The van der Waals surface area contributed by atoms with E-state index in [2.05, 4.69) is 25.0 Å². The summed E-state index contributed by atoms with van der Waals surface area (Å²) in [7, 11) is -3.94. The molecule has 5 rings (SSSR count). The molecule has 2 aliphatic rings. The van der Waals surface area contributed by atoms with Gasteiger partial charge in [-0.25, -0.2) is 14.6 Å². The molecular formula is C23H31N8O8P. The summed E-state index contributed by atoms with van der Waals surface area (Å²) in [4.78, 5) is 28.7. The average Bonchev–Trinajstić information content (AvgIpc) is 3.33. The highest BCUT2D eigenvalue weighted by molar-refractivity contribution is 7.51. The number of nitrogen functional groups attached to an aromatic ring is 2. The molecule has 0 aromatic carbocycles. The van der Waals surface area contributed by atoms with Gasteiger partial charge in [0.1, 0.15) is 23.3 Å². The van der Waals surface area contributed by atoms with Gasteiger partial charge in [0.2, 0.25) is 5.95 Å². The number of pyridine rings is 1. The van der Waals surface area contributed by atoms with Crippen molar-refractivity contribution in [1.29, 1.82) is 0 Å². The van der Waals surface area contributed by atoms with Crippen LogP contribution in [0, 0.1) is 12.8 Å². The third-order valence-electron chi connectivity index (χ3n) is 6.80. The molecule has 17 heteroatoms. The number of aliphatic hydroxyl groups is 2. The molecule has 5 heterocycles. The summed E-state index contributed by atoms with van der Waals surface area (Å²) in [5, 5.41) is 24.8. The molecule has 2 aliphatic heterocycles. The van der Waals surface area contributed by atoms with Crippen LogP contribution in [0.2, 0.25) is 0 Å². The van der Waals surface area contributed by atoms with E-state index < -0.39 is 44.4 Å². The van der Waals surface area contributed by atoms with E-state index in [-0.39, 0.29) is 47.7 Å². The molecule has 0 amide bonds. The summed E-state index contributed by atoms with van der Waals surface area (Å²) in [6.45, 7) is 5.93. The first kappa shape index (κ1) is 28.3. The Morgan fingerprint density at radius 1 is 1.35 bits per heavy atom. The zero-order chi connectivity index (χ0) is 29.0. The minimum atomic E-state index is -3.94. The molecule has 3 aromatic rings. The number of carbonyl (C=O) groups is 1. The summed E-state index contributed by atoms with van der Waals surface area (Å²) in [5.74, 6) is -0.615. The molecular weight excluding hydrogens is 547 g/mol. The number of hydrogen-bond donors (Lipinski definition) is 5. The maximum atomic E-state index is 13.5. The second-order valence-electron chi connectivity index (χ2n) is 10.1. The first-order valence-corrected chi connectivity index (χ1v) is 14.0. The van der Waals surface area contributed by atoms with E-state index in [0.29, 0.717) is 16.8 Å². The standard InChI is InChI=1S/C23H31N8O8P/c1-10(2)20(33)39-16-11(3)26-5-12-6-28-40(35,36-7-13(12)16)37-8-14-17(32)23(4,34)21(38-14)31-9-27-15-18(24)29-22(25)30-19(15)31/h5,9-10,14,17,21,32,34H,6-8H2,1-4H3,(H,28,35)(H4,24,25,29,30)/t14-,17+,21-,23+,40?/m1/s1. The van der Waals surface area contributed by atoms with Gasteiger partial charge in [0, 0.05) is 18.3 Å². The van der Waals surface area contributed by atoms with Crippen LogP contribution in [-0.4, -0.2) is 65.1 Å². The summed E-state index contributed by atoms with van der Waals surface area (Å²) < 4.78 is 37.6. The minimum Gasteiger partial charge on any atom is -0.424 e. The van der Waals surface area contributed by atoms with Crippen molar-refractivity contribution in [2.45, 2.75) is 64.9 Å². The van der Waals surface area contributed by atoms with Crippen molar-refractivity contribution in [2.75, 3.05) is 18.1 Å². The number of carbonyl (C=O) groups excluding carboxylic acids is 1. The second kappa shape index (κ2) is 10.3. The van der Waals surface area contributed by atoms with Crippen LogP contribution in [0.4, 0.5) is 11.8 Å². The minimum absolute atomic E-state index is 0.0440. The van der Waals surface area contributed by atoms with E-state index in [9.17, 15) is 19.6 Å². The molecule has 0 bridgehead atoms. The van der Waals surface area contributed by atoms with Crippen molar-refractivity contribution in [3.63, 3.8) is 0 Å². The number of imidazole rings is 1. The molecule has 0 aliphatic carbocycles. The van der Waals surface area contributed by atoms with Crippen molar-refractivity contribution in [2.24, 2.45) is 5.92 Å². The summed E-state index contributed by atoms with van der Waals surface area (Å²) in [6.07, 6.45) is -0.846. The highest BCUT2D eigenvalue weighted by atomic mass is 31.2. The highest BCUT2D eigenvalue weighted by Gasteiger charge is 2.54. The van der Waals surface area contributed by atoms with Gasteiger partial charge >= 0.3 is 13.7 Å². The zero-order valence-corrected chi connectivity index (χ0v) is 23.2. The Bertz CT molecular complexity index is 1510. The zero-order valence-electron chi connectivity index (χ0n) is 22.3. The van der Waals surface area contributed by atoms with Gasteiger partial charge in [-0.05, 0) is 19.4 Å². The lowest BCUT2D eigenvalue weighted by Crippen LogP contribution is -2.44. The number of aryl methyl sites for hydroxylation is 1. The van der Waals surface area contributed by atoms with Gasteiger partial charge in [-0.3, -0.25) is 23.4 Å². The SMILES string of the molecule is Cc1ncc2c(c1OC(=O)C(C)C)COP(=O)(OC[C@H]1O[C@@H](n3cnc4c(N)nc(N)nc43)[C@@](C)(O)[C@H]1O)NC2. The Morgan fingerprint density at radius 2 is 2.10 bits per heavy atom. The van der Waals surface area contributed by atoms with Crippen LogP contribution < -0.4 is 21.3 Å². The van der Waals surface area contributed by atoms with Crippen LogP contribution in [0.3, 0.4) is 0 Å². The molecule has 0 saturated carbocycles. The quantitative estimate of drug-likeness (QED) is 0.200. The van der Waals surface area contributed by atoms with Gasteiger partial charge in [-0.15, -0.1) is 0 Å². The number of anilines is 2. The Hall–Kier alpha value is -3.24. The molecule has 0 spiro atoms. The van der Waals surface area contributed by atoms with E-state index in [1.807, 2.05) is 0 Å². The lowest BCUT2D eigenvalue weighted by Gasteiger charge is -2.27. The fraction of sp³-hybridized carbons (Fsp3) is 0.522. The van der Waals surface area contributed by atoms with E-state index in [4.69, 9.17) is 30.0 Å². The molecule has 1 saturated heterocycles. The number of nitrogens with zero attached hydrogens (tertiary/aromatic N) is 5. The Morgan fingerprint density at radius 3 is 2.83 bits per heavy atom. The average molecular weight is 579 g/mol. The van der Waals surface area contributed by atoms with Gasteiger partial charge in [-0.1, -0.05) is 13.8 Å². The number of fused-ring (bicyclic) bond motifs is 2. The molecule has 0 radical (unpaired) electrons. The molecule has 216 valence electrons. The number of hydrogen-bond acceptors (Lipinski definition) is 14. The Balaban J connectivity index is 1.31. The summed E-state index contributed by atoms with van der Waals surface area (Å²) in [5.41, 5.74) is 11.8. The molecule has 7 N–H and O–H groups in total. The van der Waals surface area contributed by atoms with Crippen LogP contribution in [0.25, 0.3) is 11.2 Å². The highest BCUT2D eigenvalue weighted by Crippen LogP contribution is 2.49. The predicted octanol–water partition coefficient (Wildman–Crippen LogP) is 0.710. The van der Waals surface area contributed by atoms with Crippen LogP contribution in [-0.2, 0) is 36.3 Å². The number of rotatable bonds is 6. The van der Waals surface area contributed by atoms with E-state index in [1.165, 1.54) is 17.8 Å². The smallest absolute Gasteiger partial charge is 0.406 e. The summed E-state index contributed by atoms with van der Waals surface area (Å²) in [6, 6.07) is 0. The number of nitrogens with one attached hydrogen (secondary N) is 1. The third kappa shape index (κ3) is 5.03. The van der Waals surface area contributed by atoms with E-state index in [1.54, 1.807) is 27.0 Å². The molecule has 5 atom stereocenters. The first-order chi connectivity index (χ1) is 18.8. The van der Waals surface area contributed by atoms with Crippen molar-refractivity contribution in [1.82, 2.24) is 29.6 Å². The molecule has 1 fully saturated rings. The lowest BCUT2D eigenvalue weighted by atomic mass is 9.96. The fourth-order valence-corrected chi connectivity index (χ4v) is 5.74. The van der Waals surface area contributed by atoms with Gasteiger partial charge in [0.25, 0.3) is 0 Å². The van der Waals surface area contributed by atoms with E-state index >= 15 is 0 Å². The Labute approximate surface area is 228 Å². The fourth-order valence-electron chi connectivity index (χ4n) is 4.48. The topological polar surface area (TPSA) is 232 Å². The molecule has 16 nitrogen and oxygen atoms in total. The van der Waals surface area contributed by atoms with Crippen molar-refractivity contribution >= 4 is 36.6 Å². The number of esters is 1. The van der Waals surface area contributed by atoms with Gasteiger partial charge in [0.05, 0.1) is 31.2 Å². The first-order valence-electron chi connectivity index (χ1n) is 12.5. The number of nitrogens with two attached hydrogens (primary N) is 2. The van der Waals surface area contributed by atoms with E-state index in [0.717, 1.165) is 0 Å². The number of ether oxygens (including phenoxy) is 2. The maximum absolute atomic E-state index is 13.5. The van der Waals surface area contributed by atoms with Crippen LogP contribution >= 0.6 is 7.75 Å². The summed E-state index contributed by atoms with van der Waals surface area (Å²) >= 11 is 0. The lowest BCUT2D eigenvalue weighted by molar-refractivity contribution is -0.137. The van der Waals surface area contributed by atoms with Gasteiger partial charge < -0.3 is 31.2 Å². The number of aliphatic hydroxyl groups excluding tert-OH is 1. The number of aromatic nitrogens is 5. The van der Waals surface area contributed by atoms with Crippen LogP contribution in [0.15, 0.2) is 12.5 Å². The maximum Gasteiger partial charge on any atom is 0.406 e. The third-order valence-corrected chi connectivity index (χ3v) is 8.31. The van der Waals surface area contributed by atoms with Crippen molar-refractivity contribution in [3.05, 3.63) is 29.3 Å². The molecule has 1 unspecified atom stereocenters. The van der Waals surface area contributed by atoms with Crippen molar-refractivity contribution < 1.29 is 38.1 Å². The Kier molecular flexibility index (Phi) is 7.29. The van der Waals surface area contributed by atoms with Gasteiger partial charge in [-0.2, -0.15) is 9.97 Å². The van der Waals surface area contributed by atoms with Crippen LogP contribution in [0.1, 0.15) is 43.8 Å². The predicted molar refractivity (Wildman–Crippen MR) is 139 cm³/mol. The monoisotopic (exact) mass is 578 g/mol. The largest absolute Gasteiger partial charge is 0.424 e. The second-order valence-corrected chi connectivity index (χ2v) is 12.0. The molecule has 3 aromatic heterocycles. The molecule has 40 heavy (non-hydrogen) atoms. The van der Waals surface area contributed by atoms with Crippen molar-refractivity contribution in [3.8, 4) is 5.75 Å².